The van der Waals surface area contributed by atoms with Gasteiger partial charge in [0.2, 0.25) is 0 Å². The summed E-state index contributed by atoms with van der Waals surface area (Å²) in [5, 5.41) is 10.9. The maximum absolute atomic E-state index is 6.96. The van der Waals surface area contributed by atoms with Gasteiger partial charge < -0.3 is 14.3 Å². The molecule has 0 saturated heterocycles. The van der Waals surface area contributed by atoms with E-state index in [0.29, 0.717) is 0 Å². The van der Waals surface area contributed by atoms with Gasteiger partial charge in [-0.15, -0.1) is 0 Å². The van der Waals surface area contributed by atoms with E-state index in [4.69, 9.17) is 4.42 Å². The molecule has 0 aliphatic carbocycles. The highest BCUT2D eigenvalue weighted by Gasteiger charge is 2.26. The summed E-state index contributed by atoms with van der Waals surface area (Å²) in [5.74, 6) is 0.884. The van der Waals surface area contributed by atoms with Crippen molar-refractivity contribution < 1.29 is 4.42 Å². The number of hydrogen-bond donors (Lipinski definition) is 2. The number of para-hydroxylation sites is 1. The Morgan fingerprint density at radius 1 is 0.538 bits per heavy atom. The number of rotatable bonds is 6. The maximum Gasteiger partial charge on any atom is 0.145 e. The lowest BCUT2D eigenvalue weighted by Crippen LogP contribution is -2.39. The van der Waals surface area contributed by atoms with Crippen LogP contribution in [0.25, 0.3) is 66.6 Å². The molecule has 6 heteroatoms. The number of aromatic nitrogens is 3. The number of nitrogens with zero attached hydrogens (tertiary/aromatic N) is 3. The van der Waals surface area contributed by atoms with Crippen LogP contribution in [0.3, 0.4) is 0 Å². The molecule has 1 aliphatic rings. The Morgan fingerprint density at radius 3 is 1.96 bits per heavy atom. The zero-order valence-corrected chi connectivity index (χ0v) is 28.1. The molecule has 2 unspecified atom stereocenters. The summed E-state index contributed by atoms with van der Waals surface area (Å²) in [5.41, 5.74) is 12.0. The van der Waals surface area contributed by atoms with E-state index >= 15 is 0 Å². The molecule has 9 aromatic rings. The smallest absolute Gasteiger partial charge is 0.145 e. The summed E-state index contributed by atoms with van der Waals surface area (Å²) in [6, 6.07) is 51.2. The van der Waals surface area contributed by atoms with Gasteiger partial charge >= 0.3 is 0 Å². The average Bonchev–Trinajstić information content (AvgIpc) is 3.78. The molecule has 0 bridgehead atoms. The SMILES string of the molecule is C1=C(c2ccncc2)NC(c2ccncc2)NC1c1ccc(-n2c3ccccc3c3c4oc(-c5ccccc5)c(-c5ccccc5)c4ccc32)cc1. The molecule has 1 aliphatic heterocycles. The van der Waals surface area contributed by atoms with Gasteiger partial charge in [-0.1, -0.05) is 91.0 Å². The van der Waals surface area contributed by atoms with Gasteiger partial charge in [0.15, 0.2) is 0 Å². The molecule has 5 aromatic carbocycles. The fourth-order valence-electron chi connectivity index (χ4n) is 7.68. The van der Waals surface area contributed by atoms with Crippen molar-refractivity contribution in [2.24, 2.45) is 0 Å². The first-order valence-corrected chi connectivity index (χ1v) is 17.5. The standard InChI is InChI=1S/C46H33N5O/c1-3-9-32(10-4-1)42-37-19-20-41-43(45(37)52-44(42)33-11-5-2-6-12-33)36-13-7-8-14-40(36)51(41)35-17-15-30(16-18-35)38-29-39(31-21-25-47-26-22-31)50-46(49-38)34-23-27-48-28-24-34/h1-29,38,46,49-50H. The van der Waals surface area contributed by atoms with Crippen LogP contribution in [-0.2, 0) is 0 Å². The van der Waals surface area contributed by atoms with Crippen molar-refractivity contribution in [1.82, 2.24) is 25.2 Å². The van der Waals surface area contributed by atoms with Gasteiger partial charge in [-0.25, -0.2) is 0 Å². The third kappa shape index (κ3) is 5.08. The minimum atomic E-state index is -0.0876. The Bertz CT molecular complexity index is 2720. The van der Waals surface area contributed by atoms with E-state index in [9.17, 15) is 0 Å². The van der Waals surface area contributed by atoms with Crippen LogP contribution in [-0.4, -0.2) is 14.5 Å². The number of furan rings is 1. The highest BCUT2D eigenvalue weighted by Crippen LogP contribution is 2.46. The number of pyridine rings is 2. The molecule has 0 amide bonds. The fraction of sp³-hybridized carbons (Fsp3) is 0.0435. The minimum Gasteiger partial charge on any atom is -0.455 e. The maximum atomic E-state index is 6.96. The Labute approximate surface area is 300 Å². The minimum absolute atomic E-state index is 0.0228. The van der Waals surface area contributed by atoms with Crippen molar-refractivity contribution in [2.75, 3.05) is 0 Å². The molecule has 0 fully saturated rings. The number of fused-ring (bicyclic) bond motifs is 5. The van der Waals surface area contributed by atoms with E-state index in [1.54, 1.807) is 0 Å². The first kappa shape index (κ1) is 30.1. The van der Waals surface area contributed by atoms with Crippen molar-refractivity contribution in [1.29, 1.82) is 0 Å². The first-order valence-electron chi connectivity index (χ1n) is 17.5. The average molecular weight is 672 g/mol. The third-order valence-corrected chi connectivity index (χ3v) is 10.1. The summed E-state index contributed by atoms with van der Waals surface area (Å²) in [6.07, 6.45) is 9.50. The predicted molar refractivity (Wildman–Crippen MR) is 210 cm³/mol. The lowest BCUT2D eigenvalue weighted by molar-refractivity contribution is 0.442. The molecular weight excluding hydrogens is 639 g/mol. The van der Waals surface area contributed by atoms with Crippen LogP contribution in [0.4, 0.5) is 0 Å². The van der Waals surface area contributed by atoms with Crippen LogP contribution in [0.5, 0.6) is 0 Å². The molecule has 10 rings (SSSR count). The zero-order valence-electron chi connectivity index (χ0n) is 28.1. The zero-order chi connectivity index (χ0) is 34.4. The molecule has 52 heavy (non-hydrogen) atoms. The van der Waals surface area contributed by atoms with Crippen LogP contribution in [0.2, 0.25) is 0 Å². The summed E-state index contributed by atoms with van der Waals surface area (Å²) in [6.45, 7) is 0. The lowest BCUT2D eigenvalue weighted by atomic mass is 9.98. The van der Waals surface area contributed by atoms with Crippen LogP contribution >= 0.6 is 0 Å². The summed E-state index contributed by atoms with van der Waals surface area (Å²) in [4.78, 5) is 8.47. The van der Waals surface area contributed by atoms with E-state index in [1.165, 1.54) is 5.56 Å². The Morgan fingerprint density at radius 2 is 1.21 bits per heavy atom. The quantitative estimate of drug-likeness (QED) is 0.184. The van der Waals surface area contributed by atoms with Gasteiger partial charge in [0.05, 0.1) is 22.5 Å². The van der Waals surface area contributed by atoms with Crippen molar-refractivity contribution in [3.05, 3.63) is 193 Å². The molecule has 0 saturated carbocycles. The molecule has 0 radical (unpaired) electrons. The normalized spacial score (nSPS) is 15.9. The van der Waals surface area contributed by atoms with Crippen LogP contribution in [0.15, 0.2) is 181 Å². The van der Waals surface area contributed by atoms with Crippen molar-refractivity contribution in [3.8, 4) is 28.1 Å². The highest BCUT2D eigenvalue weighted by atomic mass is 16.3. The highest BCUT2D eigenvalue weighted by molar-refractivity contribution is 6.22. The van der Waals surface area contributed by atoms with Crippen LogP contribution in [0, 0.1) is 0 Å². The monoisotopic (exact) mass is 671 g/mol. The fourth-order valence-corrected chi connectivity index (χ4v) is 7.68. The van der Waals surface area contributed by atoms with E-state index in [-0.39, 0.29) is 12.2 Å². The largest absolute Gasteiger partial charge is 0.455 e. The molecule has 2 N–H and O–H groups in total. The molecule has 2 atom stereocenters. The van der Waals surface area contributed by atoms with Gasteiger partial charge in [0, 0.05) is 63.6 Å². The van der Waals surface area contributed by atoms with Crippen LogP contribution in [0.1, 0.15) is 28.9 Å². The predicted octanol–water partition coefficient (Wildman–Crippen LogP) is 10.6. The topological polar surface area (TPSA) is 67.9 Å². The Balaban J connectivity index is 1.11. The van der Waals surface area contributed by atoms with Crippen molar-refractivity contribution in [3.63, 3.8) is 0 Å². The summed E-state index contributed by atoms with van der Waals surface area (Å²) < 4.78 is 9.32. The molecule has 6 nitrogen and oxygen atoms in total. The summed E-state index contributed by atoms with van der Waals surface area (Å²) in [7, 11) is 0. The Hall–Kier alpha value is -6.76. The second kappa shape index (κ2) is 12.5. The molecular formula is C46H33N5O. The number of hydrogen-bond acceptors (Lipinski definition) is 5. The van der Waals surface area contributed by atoms with Gasteiger partial charge in [-0.05, 0) is 77.4 Å². The molecule has 4 aromatic heterocycles. The molecule has 248 valence electrons. The lowest BCUT2D eigenvalue weighted by Gasteiger charge is -2.33. The number of nitrogens with one attached hydrogen (secondary N) is 2. The van der Waals surface area contributed by atoms with E-state index in [1.807, 2.05) is 55.1 Å². The first-order chi connectivity index (χ1) is 25.8. The second-order valence-corrected chi connectivity index (χ2v) is 13.1. The Kier molecular flexibility index (Phi) is 7.25. The van der Waals surface area contributed by atoms with Crippen molar-refractivity contribution >= 4 is 38.5 Å². The van der Waals surface area contributed by atoms with Gasteiger partial charge in [0.1, 0.15) is 17.5 Å². The van der Waals surface area contributed by atoms with Crippen molar-refractivity contribution in [2.45, 2.75) is 12.2 Å². The van der Waals surface area contributed by atoms with Gasteiger partial charge in [0.25, 0.3) is 0 Å². The number of benzene rings is 5. The van der Waals surface area contributed by atoms with Gasteiger partial charge in [-0.3, -0.25) is 15.3 Å². The summed E-state index contributed by atoms with van der Waals surface area (Å²) >= 11 is 0. The third-order valence-electron chi connectivity index (χ3n) is 10.1. The van der Waals surface area contributed by atoms with E-state index in [2.05, 4.69) is 147 Å². The molecule has 5 heterocycles. The molecule has 0 spiro atoms. The second-order valence-electron chi connectivity index (χ2n) is 13.1. The van der Waals surface area contributed by atoms with E-state index < -0.39 is 0 Å². The van der Waals surface area contributed by atoms with Crippen LogP contribution < -0.4 is 10.6 Å². The van der Waals surface area contributed by atoms with Gasteiger partial charge in [-0.2, -0.15) is 0 Å². The van der Waals surface area contributed by atoms with E-state index in [0.717, 1.165) is 77.7 Å².